The zero-order valence-corrected chi connectivity index (χ0v) is 10.4. The van der Waals surface area contributed by atoms with Gasteiger partial charge in [0, 0.05) is 12.6 Å². The molecule has 6 nitrogen and oxygen atoms in total. The van der Waals surface area contributed by atoms with Crippen LogP contribution in [0, 0.1) is 0 Å². The number of thiocarbonyl (C=S) groups is 1. The summed E-state index contributed by atoms with van der Waals surface area (Å²) in [6, 6.07) is 0.466. The van der Waals surface area contributed by atoms with E-state index in [1.807, 2.05) is 6.92 Å². The molecule has 4 N–H and O–H groups in total. The Morgan fingerprint density at radius 2 is 2.41 bits per heavy atom. The van der Waals surface area contributed by atoms with E-state index < -0.39 is 5.91 Å². The quantitative estimate of drug-likeness (QED) is 0.678. The number of carbonyl (C=O) groups excluding carboxylic acids is 1. The van der Waals surface area contributed by atoms with Gasteiger partial charge in [-0.05, 0) is 32.0 Å². The maximum atomic E-state index is 11.3. The molecule has 0 spiro atoms. The molecule has 1 aliphatic carbocycles. The zero-order chi connectivity index (χ0) is 12.4. The topological polar surface area (TPSA) is 85.0 Å². The molecule has 0 aromatic carbocycles. The van der Waals surface area contributed by atoms with E-state index in [2.05, 4.69) is 15.7 Å². The predicted octanol–water partition coefficient (Wildman–Crippen LogP) is 0.451. The van der Waals surface area contributed by atoms with E-state index >= 15 is 0 Å². The van der Waals surface area contributed by atoms with Crippen LogP contribution in [0.15, 0.2) is 6.20 Å². The molecule has 1 fully saturated rings. The molecule has 92 valence electrons. The van der Waals surface area contributed by atoms with Crippen LogP contribution in [0.3, 0.4) is 0 Å². The Hall–Kier alpha value is -1.63. The third-order valence-corrected chi connectivity index (χ3v) is 2.75. The SMILES string of the molecule is CCn1ncc(NC(=S)NC2CC2)c1C(N)=O. The normalized spacial score (nSPS) is 14.4. The number of rotatable bonds is 4. The minimum atomic E-state index is -0.513. The molecular formula is C10H15N5OS. The van der Waals surface area contributed by atoms with E-state index in [0.717, 1.165) is 12.8 Å². The zero-order valence-electron chi connectivity index (χ0n) is 9.56. The maximum Gasteiger partial charge on any atom is 0.269 e. The summed E-state index contributed by atoms with van der Waals surface area (Å²) in [6.45, 7) is 2.48. The van der Waals surface area contributed by atoms with Crippen LogP contribution in [0.2, 0.25) is 0 Å². The summed E-state index contributed by atoms with van der Waals surface area (Å²) in [6.07, 6.45) is 3.84. The highest BCUT2D eigenvalue weighted by molar-refractivity contribution is 7.80. The summed E-state index contributed by atoms with van der Waals surface area (Å²) >= 11 is 5.13. The molecular weight excluding hydrogens is 238 g/mol. The summed E-state index contributed by atoms with van der Waals surface area (Å²) in [7, 11) is 0. The number of carbonyl (C=O) groups is 1. The van der Waals surface area contributed by atoms with Crippen LogP contribution in [0.5, 0.6) is 0 Å². The standard InChI is InChI=1S/C10H15N5OS/c1-2-15-8(9(11)16)7(5-12-15)14-10(17)13-6-3-4-6/h5-6H,2-4H2,1H3,(H2,11,16)(H2,13,14,17). The van der Waals surface area contributed by atoms with Crippen LogP contribution in [-0.2, 0) is 6.54 Å². The molecule has 1 amide bonds. The van der Waals surface area contributed by atoms with E-state index in [1.54, 1.807) is 10.9 Å². The van der Waals surface area contributed by atoms with Crippen LogP contribution in [0.1, 0.15) is 30.3 Å². The molecule has 2 rings (SSSR count). The lowest BCUT2D eigenvalue weighted by molar-refractivity contribution is 0.0991. The molecule has 0 saturated heterocycles. The summed E-state index contributed by atoms with van der Waals surface area (Å²) < 4.78 is 1.55. The summed E-state index contributed by atoms with van der Waals surface area (Å²) in [4.78, 5) is 11.3. The molecule has 1 aromatic rings. The lowest BCUT2D eigenvalue weighted by atomic mass is 10.3. The second kappa shape index (κ2) is 4.70. The average Bonchev–Trinajstić information content (AvgIpc) is 2.96. The number of nitrogens with one attached hydrogen (secondary N) is 2. The van der Waals surface area contributed by atoms with Gasteiger partial charge in [-0.15, -0.1) is 0 Å². The molecule has 0 bridgehead atoms. The Bertz CT molecular complexity index is 452. The smallest absolute Gasteiger partial charge is 0.269 e. The molecule has 1 aliphatic rings. The van der Waals surface area contributed by atoms with Gasteiger partial charge in [0.1, 0.15) is 5.69 Å². The molecule has 7 heteroatoms. The van der Waals surface area contributed by atoms with Gasteiger partial charge >= 0.3 is 0 Å². The van der Waals surface area contributed by atoms with Gasteiger partial charge in [0.15, 0.2) is 5.11 Å². The first-order chi connectivity index (χ1) is 8.11. The van der Waals surface area contributed by atoms with E-state index in [1.165, 1.54) is 0 Å². The first-order valence-corrected chi connectivity index (χ1v) is 5.95. The number of hydrogen-bond acceptors (Lipinski definition) is 3. The number of anilines is 1. The number of nitrogens with zero attached hydrogens (tertiary/aromatic N) is 2. The molecule has 0 aliphatic heterocycles. The van der Waals surface area contributed by atoms with E-state index in [0.29, 0.717) is 29.1 Å². The first kappa shape index (κ1) is 11.8. The molecule has 0 atom stereocenters. The Morgan fingerprint density at radius 1 is 1.71 bits per heavy atom. The van der Waals surface area contributed by atoms with E-state index in [9.17, 15) is 4.79 Å². The molecule has 1 saturated carbocycles. The predicted molar refractivity (Wildman–Crippen MR) is 68.8 cm³/mol. The Balaban J connectivity index is 2.11. The van der Waals surface area contributed by atoms with Crippen molar-refractivity contribution in [2.45, 2.75) is 32.4 Å². The van der Waals surface area contributed by atoms with Gasteiger partial charge in [-0.3, -0.25) is 9.48 Å². The molecule has 0 unspecified atom stereocenters. The van der Waals surface area contributed by atoms with Crippen molar-refractivity contribution < 1.29 is 4.79 Å². The molecule has 1 aromatic heterocycles. The van der Waals surface area contributed by atoms with Gasteiger partial charge in [-0.2, -0.15) is 5.10 Å². The van der Waals surface area contributed by atoms with E-state index in [-0.39, 0.29) is 0 Å². The van der Waals surface area contributed by atoms with Crippen LogP contribution in [0.25, 0.3) is 0 Å². The Kier molecular flexibility index (Phi) is 3.28. The highest BCUT2D eigenvalue weighted by Gasteiger charge is 2.23. The Morgan fingerprint density at radius 3 is 2.94 bits per heavy atom. The monoisotopic (exact) mass is 253 g/mol. The van der Waals surface area contributed by atoms with Crippen molar-refractivity contribution in [1.82, 2.24) is 15.1 Å². The summed E-state index contributed by atoms with van der Waals surface area (Å²) in [5, 5.41) is 10.7. The molecule has 1 heterocycles. The first-order valence-electron chi connectivity index (χ1n) is 5.55. The van der Waals surface area contributed by atoms with Crippen molar-refractivity contribution in [3.63, 3.8) is 0 Å². The number of aromatic nitrogens is 2. The average molecular weight is 253 g/mol. The van der Waals surface area contributed by atoms with Crippen LogP contribution in [-0.4, -0.2) is 26.8 Å². The number of aryl methyl sites for hydroxylation is 1. The van der Waals surface area contributed by atoms with Crippen molar-refractivity contribution in [2.24, 2.45) is 5.73 Å². The van der Waals surface area contributed by atoms with Gasteiger partial charge in [-0.1, -0.05) is 0 Å². The summed E-state index contributed by atoms with van der Waals surface area (Å²) in [5.41, 5.74) is 6.23. The number of primary amides is 1. The number of hydrogen-bond donors (Lipinski definition) is 3. The minimum absolute atomic E-state index is 0.354. The number of amides is 1. The fourth-order valence-electron chi connectivity index (χ4n) is 1.55. The third-order valence-electron chi connectivity index (χ3n) is 2.53. The van der Waals surface area contributed by atoms with Crippen molar-refractivity contribution in [3.8, 4) is 0 Å². The summed E-state index contributed by atoms with van der Waals surface area (Å²) in [5.74, 6) is -0.513. The van der Waals surface area contributed by atoms with Crippen molar-refractivity contribution >= 4 is 28.9 Å². The molecule has 17 heavy (non-hydrogen) atoms. The van der Waals surface area contributed by atoms with Gasteiger partial charge in [0.2, 0.25) is 0 Å². The largest absolute Gasteiger partial charge is 0.364 e. The van der Waals surface area contributed by atoms with Gasteiger partial charge < -0.3 is 16.4 Å². The maximum absolute atomic E-state index is 11.3. The van der Waals surface area contributed by atoms with Gasteiger partial charge in [-0.25, -0.2) is 0 Å². The lowest BCUT2D eigenvalue weighted by Crippen LogP contribution is -2.31. The van der Waals surface area contributed by atoms with Crippen LogP contribution in [0.4, 0.5) is 5.69 Å². The van der Waals surface area contributed by atoms with E-state index in [4.69, 9.17) is 18.0 Å². The van der Waals surface area contributed by atoms with Gasteiger partial charge in [0.05, 0.1) is 11.9 Å². The van der Waals surface area contributed by atoms with Crippen LogP contribution >= 0.6 is 12.2 Å². The highest BCUT2D eigenvalue weighted by atomic mass is 32.1. The van der Waals surface area contributed by atoms with Gasteiger partial charge in [0.25, 0.3) is 5.91 Å². The highest BCUT2D eigenvalue weighted by Crippen LogP contribution is 2.19. The Labute approximate surface area is 105 Å². The van der Waals surface area contributed by atoms with Crippen molar-refractivity contribution in [2.75, 3.05) is 5.32 Å². The molecule has 0 radical (unpaired) electrons. The van der Waals surface area contributed by atoms with Crippen molar-refractivity contribution in [1.29, 1.82) is 0 Å². The fraction of sp³-hybridized carbons (Fsp3) is 0.500. The van der Waals surface area contributed by atoms with Crippen molar-refractivity contribution in [3.05, 3.63) is 11.9 Å². The third kappa shape index (κ3) is 2.73. The van der Waals surface area contributed by atoms with Crippen LogP contribution < -0.4 is 16.4 Å². The fourth-order valence-corrected chi connectivity index (χ4v) is 1.82. The lowest BCUT2D eigenvalue weighted by Gasteiger charge is -2.09. The minimum Gasteiger partial charge on any atom is -0.364 e. The second-order valence-corrected chi connectivity index (χ2v) is 4.37. The second-order valence-electron chi connectivity index (χ2n) is 3.96. The number of nitrogens with two attached hydrogens (primary N) is 1.